The summed E-state index contributed by atoms with van der Waals surface area (Å²) in [6.45, 7) is 4.27. The highest BCUT2D eigenvalue weighted by molar-refractivity contribution is 5.98. The second-order valence-electron chi connectivity index (χ2n) is 6.91. The topological polar surface area (TPSA) is 81.5 Å². The molecule has 1 N–H and O–H groups in total. The van der Waals surface area contributed by atoms with Crippen LogP contribution < -0.4 is 14.8 Å². The normalized spacial score (nSPS) is 19.5. The van der Waals surface area contributed by atoms with Gasteiger partial charge in [-0.1, -0.05) is 6.07 Å². The largest absolute Gasteiger partial charge is 0.454 e. The minimum atomic E-state index is 0.0123. The maximum atomic E-state index is 12.9. The van der Waals surface area contributed by atoms with E-state index in [1.54, 1.807) is 0 Å². The summed E-state index contributed by atoms with van der Waals surface area (Å²) >= 11 is 0. The smallest absolute Gasteiger partial charge is 0.257 e. The van der Waals surface area contributed by atoms with Crippen molar-refractivity contribution in [1.82, 2.24) is 25.0 Å². The highest BCUT2D eigenvalue weighted by Gasteiger charge is 2.31. The molecule has 0 atom stereocenters. The summed E-state index contributed by atoms with van der Waals surface area (Å²) in [4.78, 5) is 14.8. The van der Waals surface area contributed by atoms with Crippen molar-refractivity contribution in [3.63, 3.8) is 0 Å². The first-order valence-corrected chi connectivity index (χ1v) is 9.12. The number of aromatic nitrogens is 3. The van der Waals surface area contributed by atoms with Gasteiger partial charge in [0.25, 0.3) is 5.91 Å². The van der Waals surface area contributed by atoms with Gasteiger partial charge in [0.1, 0.15) is 11.6 Å². The molecule has 5 rings (SSSR count). The molecule has 3 aliphatic heterocycles. The summed E-state index contributed by atoms with van der Waals surface area (Å²) in [6, 6.07) is 5.47. The average molecular weight is 355 g/mol. The SMILES string of the molecule is O=C(c1cccc2c1OCO2)N1CCC(c2nnc3n2CCNC3)CC1. The first-order chi connectivity index (χ1) is 12.8. The molecule has 1 aromatic heterocycles. The third-order valence-corrected chi connectivity index (χ3v) is 5.43. The summed E-state index contributed by atoms with van der Waals surface area (Å²) < 4.78 is 13.1. The molecular formula is C18H21N5O3. The Hall–Kier alpha value is -2.61. The summed E-state index contributed by atoms with van der Waals surface area (Å²) in [5.41, 5.74) is 0.587. The number of rotatable bonds is 2. The van der Waals surface area contributed by atoms with Crippen molar-refractivity contribution in [2.24, 2.45) is 0 Å². The Kier molecular flexibility index (Phi) is 3.77. The number of likely N-dealkylation sites (tertiary alicyclic amines) is 1. The van der Waals surface area contributed by atoms with E-state index >= 15 is 0 Å². The van der Waals surface area contributed by atoms with Crippen LogP contribution in [-0.2, 0) is 13.1 Å². The minimum Gasteiger partial charge on any atom is -0.454 e. The first-order valence-electron chi connectivity index (χ1n) is 9.12. The second kappa shape index (κ2) is 6.28. The van der Waals surface area contributed by atoms with E-state index in [9.17, 15) is 4.79 Å². The standard InChI is InChI=1S/C18H21N5O3/c24-18(13-2-1-3-14-16(13)26-11-25-14)22-7-4-12(5-8-22)17-21-20-15-10-19-6-9-23(15)17/h1-3,12,19H,4-11H2. The fourth-order valence-electron chi connectivity index (χ4n) is 4.03. The Bertz CT molecular complexity index is 841. The van der Waals surface area contributed by atoms with E-state index < -0.39 is 0 Å². The second-order valence-corrected chi connectivity index (χ2v) is 6.91. The molecule has 0 bridgehead atoms. The van der Waals surface area contributed by atoms with Crippen molar-refractivity contribution < 1.29 is 14.3 Å². The van der Waals surface area contributed by atoms with Gasteiger partial charge in [-0.3, -0.25) is 4.79 Å². The predicted molar refractivity (Wildman–Crippen MR) is 92.2 cm³/mol. The van der Waals surface area contributed by atoms with Gasteiger partial charge < -0.3 is 24.3 Å². The van der Waals surface area contributed by atoms with Crippen molar-refractivity contribution >= 4 is 5.91 Å². The van der Waals surface area contributed by atoms with Crippen LogP contribution in [0.2, 0.25) is 0 Å². The lowest BCUT2D eigenvalue weighted by Gasteiger charge is -2.32. The zero-order chi connectivity index (χ0) is 17.5. The lowest BCUT2D eigenvalue weighted by molar-refractivity contribution is 0.0705. The summed E-state index contributed by atoms with van der Waals surface area (Å²) in [7, 11) is 0. The fraction of sp³-hybridized carbons (Fsp3) is 0.500. The van der Waals surface area contributed by atoms with Gasteiger partial charge in [0, 0.05) is 32.1 Å². The molecule has 2 aromatic rings. The highest BCUT2D eigenvalue weighted by atomic mass is 16.7. The lowest BCUT2D eigenvalue weighted by atomic mass is 9.95. The van der Waals surface area contributed by atoms with Crippen LogP contribution >= 0.6 is 0 Å². The van der Waals surface area contributed by atoms with Crippen LogP contribution in [0.4, 0.5) is 0 Å². The number of fused-ring (bicyclic) bond motifs is 2. The summed E-state index contributed by atoms with van der Waals surface area (Å²) in [6.07, 6.45) is 1.81. The van der Waals surface area contributed by atoms with E-state index in [-0.39, 0.29) is 12.7 Å². The van der Waals surface area contributed by atoms with Gasteiger partial charge in [-0.25, -0.2) is 0 Å². The van der Waals surface area contributed by atoms with Crippen LogP contribution in [0.1, 0.15) is 40.8 Å². The van der Waals surface area contributed by atoms with Crippen LogP contribution in [0.15, 0.2) is 18.2 Å². The minimum absolute atomic E-state index is 0.0123. The maximum absolute atomic E-state index is 12.9. The Balaban J connectivity index is 1.30. The Morgan fingerprint density at radius 1 is 1.15 bits per heavy atom. The molecule has 4 heterocycles. The molecule has 1 fully saturated rings. The quantitative estimate of drug-likeness (QED) is 0.870. The third kappa shape index (κ3) is 2.52. The highest BCUT2D eigenvalue weighted by Crippen LogP contribution is 2.37. The zero-order valence-electron chi connectivity index (χ0n) is 14.5. The van der Waals surface area contributed by atoms with Crippen LogP contribution in [0.3, 0.4) is 0 Å². The molecule has 0 unspecified atom stereocenters. The van der Waals surface area contributed by atoms with Gasteiger partial charge in [-0.2, -0.15) is 0 Å². The van der Waals surface area contributed by atoms with Gasteiger partial charge in [0.05, 0.1) is 12.1 Å². The number of ether oxygens (including phenoxy) is 2. The molecule has 1 saturated heterocycles. The Morgan fingerprint density at radius 3 is 2.92 bits per heavy atom. The average Bonchev–Trinajstić information content (AvgIpc) is 3.34. The van der Waals surface area contributed by atoms with E-state index in [2.05, 4.69) is 20.1 Å². The fourth-order valence-corrected chi connectivity index (χ4v) is 4.03. The molecule has 136 valence electrons. The van der Waals surface area contributed by atoms with Crippen LogP contribution in [0.5, 0.6) is 11.5 Å². The van der Waals surface area contributed by atoms with E-state index in [0.717, 1.165) is 44.1 Å². The van der Waals surface area contributed by atoms with Gasteiger partial charge in [-0.05, 0) is 25.0 Å². The molecule has 0 saturated carbocycles. The number of nitrogens with zero attached hydrogens (tertiary/aromatic N) is 4. The maximum Gasteiger partial charge on any atom is 0.257 e. The summed E-state index contributed by atoms with van der Waals surface area (Å²) in [5.74, 6) is 3.68. The van der Waals surface area contributed by atoms with Crippen LogP contribution in [-0.4, -0.2) is 52.0 Å². The molecular weight excluding hydrogens is 334 g/mol. The van der Waals surface area contributed by atoms with E-state index in [0.29, 0.717) is 36.1 Å². The van der Waals surface area contributed by atoms with Crippen molar-refractivity contribution in [3.8, 4) is 11.5 Å². The van der Waals surface area contributed by atoms with Gasteiger partial charge in [0.2, 0.25) is 6.79 Å². The molecule has 8 nitrogen and oxygen atoms in total. The van der Waals surface area contributed by atoms with Crippen molar-refractivity contribution in [3.05, 3.63) is 35.4 Å². The monoisotopic (exact) mass is 355 g/mol. The molecule has 1 amide bonds. The number of benzene rings is 1. The van der Waals surface area contributed by atoms with Gasteiger partial charge >= 0.3 is 0 Å². The number of para-hydroxylation sites is 1. The number of carbonyl (C=O) groups excluding carboxylic acids is 1. The van der Waals surface area contributed by atoms with Crippen molar-refractivity contribution in [2.45, 2.75) is 31.8 Å². The van der Waals surface area contributed by atoms with E-state index in [4.69, 9.17) is 9.47 Å². The number of piperidine rings is 1. The van der Waals surface area contributed by atoms with Gasteiger partial charge in [-0.15, -0.1) is 10.2 Å². The predicted octanol–water partition coefficient (Wildman–Crippen LogP) is 1.13. The molecule has 0 spiro atoms. The Morgan fingerprint density at radius 2 is 2.04 bits per heavy atom. The van der Waals surface area contributed by atoms with Crippen molar-refractivity contribution in [1.29, 1.82) is 0 Å². The molecule has 0 radical (unpaired) electrons. The molecule has 26 heavy (non-hydrogen) atoms. The third-order valence-electron chi connectivity index (χ3n) is 5.43. The van der Waals surface area contributed by atoms with Crippen LogP contribution in [0.25, 0.3) is 0 Å². The molecule has 8 heteroatoms. The van der Waals surface area contributed by atoms with Gasteiger partial charge in [0.15, 0.2) is 11.5 Å². The molecule has 1 aromatic carbocycles. The van der Waals surface area contributed by atoms with Crippen LogP contribution in [0, 0.1) is 0 Å². The zero-order valence-corrected chi connectivity index (χ0v) is 14.5. The van der Waals surface area contributed by atoms with E-state index in [1.807, 2.05) is 23.1 Å². The van der Waals surface area contributed by atoms with Crippen molar-refractivity contribution in [2.75, 3.05) is 26.4 Å². The number of hydrogen-bond acceptors (Lipinski definition) is 6. The molecule has 3 aliphatic rings. The number of nitrogens with one attached hydrogen (secondary N) is 1. The number of carbonyl (C=O) groups is 1. The number of amides is 1. The van der Waals surface area contributed by atoms with E-state index in [1.165, 1.54) is 0 Å². The first kappa shape index (κ1) is 15.6. The Labute approximate surface area is 151 Å². The summed E-state index contributed by atoms with van der Waals surface area (Å²) in [5, 5.41) is 12.1. The number of hydrogen-bond donors (Lipinski definition) is 1. The lowest BCUT2D eigenvalue weighted by Crippen LogP contribution is -2.39. The molecule has 0 aliphatic carbocycles.